The van der Waals surface area contributed by atoms with Gasteiger partial charge >= 0.3 is 0 Å². The molecule has 0 saturated carbocycles. The third-order valence-corrected chi connectivity index (χ3v) is 5.11. The van der Waals surface area contributed by atoms with Crippen molar-refractivity contribution < 1.29 is 13.9 Å². The van der Waals surface area contributed by atoms with Crippen molar-refractivity contribution in [3.63, 3.8) is 0 Å². The van der Waals surface area contributed by atoms with E-state index in [0.29, 0.717) is 37.5 Å². The fourth-order valence-electron chi connectivity index (χ4n) is 3.55. The molecule has 0 atom stereocenters. The smallest absolute Gasteiger partial charge is 0.227 e. The van der Waals surface area contributed by atoms with E-state index in [4.69, 9.17) is 9.84 Å². The van der Waals surface area contributed by atoms with Gasteiger partial charge in [0.05, 0.1) is 25.4 Å². The maximum atomic E-state index is 12.9. The zero-order valence-corrected chi connectivity index (χ0v) is 18.1. The van der Waals surface area contributed by atoms with Gasteiger partial charge in [-0.25, -0.2) is 9.50 Å². The van der Waals surface area contributed by atoms with Crippen LogP contribution in [0.1, 0.15) is 37.2 Å². The molecule has 2 heterocycles. The molecule has 1 aromatic carbocycles. The number of aryl methyl sites for hydroxylation is 2. The van der Waals surface area contributed by atoms with Crippen LogP contribution in [0.4, 0.5) is 4.39 Å². The van der Waals surface area contributed by atoms with E-state index in [1.807, 2.05) is 62.9 Å². The average molecular weight is 412 g/mol. The Morgan fingerprint density at radius 3 is 2.50 bits per heavy atom. The predicted molar refractivity (Wildman–Crippen MR) is 116 cm³/mol. The van der Waals surface area contributed by atoms with Crippen molar-refractivity contribution in [2.75, 3.05) is 26.4 Å². The summed E-state index contributed by atoms with van der Waals surface area (Å²) in [5, 5.41) is 4.79. The Morgan fingerprint density at radius 1 is 1.17 bits per heavy atom. The molecule has 0 saturated heterocycles. The lowest BCUT2D eigenvalue weighted by Crippen LogP contribution is -2.31. The van der Waals surface area contributed by atoms with E-state index in [1.165, 1.54) is 0 Å². The summed E-state index contributed by atoms with van der Waals surface area (Å²) in [5.74, 6) is 0.741. The molecular formula is C23H29FN4O2. The first-order valence-corrected chi connectivity index (χ1v) is 10.4. The molecule has 1 amide bonds. The van der Waals surface area contributed by atoms with Crippen molar-refractivity contribution >= 4 is 11.6 Å². The van der Waals surface area contributed by atoms with Gasteiger partial charge in [-0.3, -0.25) is 9.18 Å². The summed E-state index contributed by atoms with van der Waals surface area (Å²) >= 11 is 0. The van der Waals surface area contributed by atoms with Crippen molar-refractivity contribution in [3.8, 4) is 17.0 Å². The fourth-order valence-corrected chi connectivity index (χ4v) is 3.55. The average Bonchev–Trinajstić information content (AvgIpc) is 3.08. The van der Waals surface area contributed by atoms with Crippen molar-refractivity contribution in [1.29, 1.82) is 0 Å². The highest BCUT2D eigenvalue weighted by Gasteiger charge is 2.22. The van der Waals surface area contributed by atoms with Gasteiger partial charge in [0.25, 0.3) is 0 Å². The Labute approximate surface area is 176 Å². The number of likely N-dealkylation sites (N-methyl/N-ethyl adjacent to an activating group) is 1. The lowest BCUT2D eigenvalue weighted by atomic mass is 10.0. The monoisotopic (exact) mass is 411 g/mol. The molecule has 0 aliphatic carbocycles. The molecular weight excluding hydrogens is 382 g/mol. The Kier molecular flexibility index (Phi) is 7.03. The Balaban J connectivity index is 2.03. The third-order valence-electron chi connectivity index (χ3n) is 5.11. The van der Waals surface area contributed by atoms with E-state index in [1.54, 1.807) is 4.52 Å². The lowest BCUT2D eigenvalue weighted by Gasteiger charge is -2.18. The number of ether oxygens (including phenoxy) is 1. The predicted octanol–water partition coefficient (Wildman–Crippen LogP) is 4.16. The number of carbonyl (C=O) groups excluding carboxylic acids is 1. The minimum absolute atomic E-state index is 0.0586. The number of benzene rings is 1. The second-order valence-corrected chi connectivity index (χ2v) is 7.26. The van der Waals surface area contributed by atoms with Crippen molar-refractivity contribution in [1.82, 2.24) is 19.5 Å². The lowest BCUT2D eigenvalue weighted by molar-refractivity contribution is -0.130. The maximum Gasteiger partial charge on any atom is 0.227 e. The van der Waals surface area contributed by atoms with Crippen LogP contribution in [-0.4, -0.2) is 51.8 Å². The summed E-state index contributed by atoms with van der Waals surface area (Å²) in [5.41, 5.74) is 5.02. The normalized spacial score (nSPS) is 11.1. The molecule has 6 nitrogen and oxygen atoms in total. The third kappa shape index (κ3) is 4.61. The molecule has 3 aromatic rings. The maximum absolute atomic E-state index is 12.9. The number of rotatable bonds is 9. The minimum atomic E-state index is -0.394. The first kappa shape index (κ1) is 21.7. The van der Waals surface area contributed by atoms with Crippen LogP contribution in [0.15, 0.2) is 30.3 Å². The zero-order chi connectivity index (χ0) is 21.7. The molecule has 3 rings (SSSR count). The number of nitrogens with zero attached hydrogens (tertiary/aromatic N) is 4. The highest BCUT2D eigenvalue weighted by molar-refractivity contribution is 5.84. The van der Waals surface area contributed by atoms with Crippen LogP contribution in [0.5, 0.6) is 5.75 Å². The molecule has 2 aromatic heterocycles. The van der Waals surface area contributed by atoms with Crippen molar-refractivity contribution in [2.45, 2.75) is 40.5 Å². The number of fused-ring (bicyclic) bond motifs is 1. The van der Waals surface area contributed by atoms with Crippen LogP contribution < -0.4 is 4.74 Å². The SMILES string of the molecule is CCN(CC)C(=O)Cc1c(-c2ccc(OCCC[18F])cc2)nn2c(C)cc(C)nc12. The topological polar surface area (TPSA) is 59.7 Å². The highest BCUT2D eigenvalue weighted by Crippen LogP contribution is 2.29. The molecule has 0 bridgehead atoms. The van der Waals surface area contributed by atoms with Gasteiger partial charge in [-0.05, 0) is 58.0 Å². The Hall–Kier alpha value is -2.96. The van der Waals surface area contributed by atoms with Gasteiger partial charge in [-0.2, -0.15) is 5.10 Å². The second kappa shape index (κ2) is 9.69. The number of amides is 1. The molecule has 0 aliphatic heterocycles. The van der Waals surface area contributed by atoms with E-state index < -0.39 is 6.67 Å². The van der Waals surface area contributed by atoms with E-state index in [9.17, 15) is 9.18 Å². The molecule has 0 aliphatic rings. The van der Waals surface area contributed by atoms with Gasteiger partial charge in [0.2, 0.25) is 5.91 Å². The first-order valence-electron chi connectivity index (χ1n) is 10.4. The van der Waals surface area contributed by atoms with Crippen molar-refractivity contribution in [2.24, 2.45) is 0 Å². The largest absolute Gasteiger partial charge is 0.493 e. The summed E-state index contributed by atoms with van der Waals surface area (Å²) in [6.45, 7) is 9.17. The van der Waals surface area contributed by atoms with Gasteiger partial charge in [0.15, 0.2) is 5.65 Å². The van der Waals surface area contributed by atoms with Crippen LogP contribution in [0.3, 0.4) is 0 Å². The van der Waals surface area contributed by atoms with E-state index in [-0.39, 0.29) is 12.3 Å². The molecule has 0 radical (unpaired) electrons. The van der Waals surface area contributed by atoms with Gasteiger partial charge < -0.3 is 9.64 Å². The molecule has 0 unspecified atom stereocenters. The molecule has 0 N–H and O–H groups in total. The molecule has 0 fully saturated rings. The van der Waals surface area contributed by atoms with Crippen LogP contribution in [0.2, 0.25) is 0 Å². The first-order chi connectivity index (χ1) is 14.5. The van der Waals surface area contributed by atoms with Gasteiger partial charge in [0.1, 0.15) is 5.75 Å². The summed E-state index contributed by atoms with van der Waals surface area (Å²) in [6, 6.07) is 9.50. The second-order valence-electron chi connectivity index (χ2n) is 7.26. The minimum Gasteiger partial charge on any atom is -0.493 e. The van der Waals surface area contributed by atoms with E-state index in [0.717, 1.165) is 28.2 Å². The van der Waals surface area contributed by atoms with Crippen molar-refractivity contribution in [3.05, 3.63) is 47.3 Å². The highest BCUT2D eigenvalue weighted by atomic mass is 18.2. The molecule has 30 heavy (non-hydrogen) atoms. The number of alkyl halides is 1. The summed E-state index contributed by atoms with van der Waals surface area (Å²) in [6.07, 6.45) is 0.612. The van der Waals surface area contributed by atoms with Crippen LogP contribution >= 0.6 is 0 Å². The van der Waals surface area contributed by atoms with Gasteiger partial charge in [-0.1, -0.05) is 0 Å². The van der Waals surface area contributed by atoms with E-state index >= 15 is 0 Å². The molecule has 7 heteroatoms. The number of hydrogen-bond acceptors (Lipinski definition) is 4. The number of halogens is 1. The molecule has 160 valence electrons. The Morgan fingerprint density at radius 2 is 1.87 bits per heavy atom. The summed E-state index contributed by atoms with van der Waals surface area (Å²) in [4.78, 5) is 19.4. The number of aromatic nitrogens is 3. The van der Waals surface area contributed by atoms with Gasteiger partial charge in [0, 0.05) is 42.0 Å². The summed E-state index contributed by atoms with van der Waals surface area (Å²) < 4.78 is 19.6. The number of hydrogen-bond donors (Lipinski definition) is 0. The fraction of sp³-hybridized carbons (Fsp3) is 0.435. The Bertz CT molecular complexity index is 1010. The zero-order valence-electron chi connectivity index (χ0n) is 18.1. The summed E-state index contributed by atoms with van der Waals surface area (Å²) in [7, 11) is 0. The van der Waals surface area contributed by atoms with Gasteiger partial charge in [-0.15, -0.1) is 0 Å². The van der Waals surface area contributed by atoms with Crippen LogP contribution in [0, 0.1) is 13.8 Å². The standard InChI is InChI=1S/C23H29FN4O2/c1-5-27(6-2)21(29)15-20-22(26-28-17(4)14-16(3)25-23(20)28)18-8-10-19(11-9-18)30-13-7-12-24/h8-11,14H,5-7,12-13,15H2,1-4H3/i24-1. The quantitative estimate of drug-likeness (QED) is 0.496. The number of carbonyl (C=O) groups is 1. The van der Waals surface area contributed by atoms with Crippen LogP contribution in [-0.2, 0) is 11.2 Å². The molecule has 0 spiro atoms. The van der Waals surface area contributed by atoms with Crippen LogP contribution in [0.25, 0.3) is 16.9 Å². The van der Waals surface area contributed by atoms with E-state index in [2.05, 4.69) is 4.98 Å².